The first-order valence-corrected chi connectivity index (χ1v) is 7.65. The summed E-state index contributed by atoms with van der Waals surface area (Å²) in [6.45, 7) is 7.44. The number of nitrogens with zero attached hydrogens (tertiary/aromatic N) is 1. The molecule has 0 radical (unpaired) electrons. The molecule has 1 saturated heterocycles. The van der Waals surface area contributed by atoms with Crippen LogP contribution < -0.4 is 5.32 Å². The molecular formula is C15H30N2. The van der Waals surface area contributed by atoms with Crippen molar-refractivity contribution < 1.29 is 0 Å². The third-order valence-corrected chi connectivity index (χ3v) is 5.20. The molecule has 4 unspecified atom stereocenters. The second-order valence-corrected chi connectivity index (χ2v) is 6.23. The number of nitrogens with one attached hydrogen (secondary N) is 1. The molecule has 0 spiro atoms. The minimum Gasteiger partial charge on any atom is -0.317 e. The van der Waals surface area contributed by atoms with Crippen LogP contribution in [0.1, 0.15) is 52.4 Å². The first kappa shape index (κ1) is 13.4. The molecule has 1 aliphatic carbocycles. The standard InChI is InChI=1S/C15H30N2/c1-4-13-7-8-15(16-3)14(10-13)11-17-9-5-6-12(17)2/h12-16H,4-11H2,1-3H3. The van der Waals surface area contributed by atoms with Crippen LogP contribution in [-0.4, -0.2) is 37.1 Å². The van der Waals surface area contributed by atoms with Gasteiger partial charge >= 0.3 is 0 Å². The molecule has 2 rings (SSSR count). The van der Waals surface area contributed by atoms with Crippen LogP contribution in [0.2, 0.25) is 0 Å². The highest BCUT2D eigenvalue weighted by Gasteiger charge is 2.32. The van der Waals surface area contributed by atoms with E-state index in [0.29, 0.717) is 0 Å². The van der Waals surface area contributed by atoms with Crippen LogP contribution in [0.5, 0.6) is 0 Å². The average Bonchev–Trinajstić information content (AvgIpc) is 2.75. The summed E-state index contributed by atoms with van der Waals surface area (Å²) in [6.07, 6.45) is 8.48. The number of likely N-dealkylation sites (tertiary alicyclic amines) is 1. The van der Waals surface area contributed by atoms with Gasteiger partial charge < -0.3 is 10.2 Å². The molecule has 0 aromatic rings. The summed E-state index contributed by atoms with van der Waals surface area (Å²) >= 11 is 0. The summed E-state index contributed by atoms with van der Waals surface area (Å²) in [6, 6.07) is 1.60. The second kappa shape index (κ2) is 6.19. The highest BCUT2D eigenvalue weighted by molar-refractivity contribution is 4.87. The van der Waals surface area contributed by atoms with Gasteiger partial charge in [0.25, 0.3) is 0 Å². The minimum atomic E-state index is 0.769. The van der Waals surface area contributed by atoms with E-state index in [2.05, 4.69) is 31.1 Å². The van der Waals surface area contributed by atoms with Gasteiger partial charge in [0.1, 0.15) is 0 Å². The van der Waals surface area contributed by atoms with Crippen LogP contribution in [0.15, 0.2) is 0 Å². The zero-order valence-electron chi connectivity index (χ0n) is 11.9. The smallest absolute Gasteiger partial charge is 0.0105 e. The lowest BCUT2D eigenvalue weighted by atomic mass is 9.76. The summed E-state index contributed by atoms with van der Waals surface area (Å²) in [5.74, 6) is 1.88. The van der Waals surface area contributed by atoms with Gasteiger partial charge in [-0.1, -0.05) is 13.3 Å². The van der Waals surface area contributed by atoms with Crippen molar-refractivity contribution in [3.8, 4) is 0 Å². The fourth-order valence-corrected chi connectivity index (χ4v) is 3.88. The SMILES string of the molecule is CCC1CCC(NC)C(CN2CCCC2C)C1. The topological polar surface area (TPSA) is 15.3 Å². The molecule has 2 fully saturated rings. The van der Waals surface area contributed by atoms with E-state index in [4.69, 9.17) is 0 Å². The van der Waals surface area contributed by atoms with Gasteiger partial charge in [-0.05, 0) is 64.5 Å². The van der Waals surface area contributed by atoms with Crippen molar-refractivity contribution in [3.63, 3.8) is 0 Å². The van der Waals surface area contributed by atoms with Gasteiger partial charge in [-0.15, -0.1) is 0 Å². The van der Waals surface area contributed by atoms with Crippen molar-refractivity contribution in [1.29, 1.82) is 0 Å². The van der Waals surface area contributed by atoms with Crippen molar-refractivity contribution >= 4 is 0 Å². The van der Waals surface area contributed by atoms with Crippen molar-refractivity contribution in [3.05, 3.63) is 0 Å². The molecule has 4 atom stereocenters. The lowest BCUT2D eigenvalue weighted by Crippen LogP contribution is -2.45. The first-order valence-electron chi connectivity index (χ1n) is 7.65. The molecule has 0 amide bonds. The van der Waals surface area contributed by atoms with E-state index >= 15 is 0 Å². The molecule has 1 heterocycles. The Labute approximate surface area is 107 Å². The lowest BCUT2D eigenvalue weighted by molar-refractivity contribution is 0.138. The lowest BCUT2D eigenvalue weighted by Gasteiger charge is -2.38. The Balaban J connectivity index is 1.90. The average molecular weight is 238 g/mol. The van der Waals surface area contributed by atoms with E-state index in [9.17, 15) is 0 Å². The van der Waals surface area contributed by atoms with Gasteiger partial charge in [-0.25, -0.2) is 0 Å². The van der Waals surface area contributed by atoms with Gasteiger partial charge in [-0.3, -0.25) is 0 Å². The fraction of sp³-hybridized carbons (Fsp3) is 1.00. The zero-order chi connectivity index (χ0) is 12.3. The van der Waals surface area contributed by atoms with Crippen LogP contribution >= 0.6 is 0 Å². The predicted molar refractivity (Wildman–Crippen MR) is 74.2 cm³/mol. The maximum absolute atomic E-state index is 3.56. The first-order chi connectivity index (χ1) is 8.24. The summed E-state index contributed by atoms with van der Waals surface area (Å²) in [5, 5.41) is 3.56. The van der Waals surface area contributed by atoms with Crippen molar-refractivity contribution in [2.75, 3.05) is 20.1 Å². The Morgan fingerprint density at radius 2 is 2.06 bits per heavy atom. The van der Waals surface area contributed by atoms with E-state index in [1.807, 2.05) is 0 Å². The van der Waals surface area contributed by atoms with Crippen LogP contribution in [0.3, 0.4) is 0 Å². The third kappa shape index (κ3) is 3.23. The molecule has 0 aromatic heterocycles. The van der Waals surface area contributed by atoms with E-state index < -0.39 is 0 Å². The summed E-state index contributed by atoms with van der Waals surface area (Å²) < 4.78 is 0. The largest absolute Gasteiger partial charge is 0.317 e. The molecule has 2 heteroatoms. The molecule has 1 N–H and O–H groups in total. The van der Waals surface area contributed by atoms with Gasteiger partial charge in [0, 0.05) is 18.6 Å². The Kier molecular flexibility index (Phi) is 4.87. The van der Waals surface area contributed by atoms with Crippen molar-refractivity contribution in [1.82, 2.24) is 10.2 Å². The van der Waals surface area contributed by atoms with Gasteiger partial charge in [0.15, 0.2) is 0 Å². The van der Waals surface area contributed by atoms with E-state index in [1.165, 1.54) is 51.6 Å². The normalized spacial score (nSPS) is 39.7. The Bertz CT molecular complexity index is 229. The zero-order valence-corrected chi connectivity index (χ0v) is 11.9. The maximum Gasteiger partial charge on any atom is 0.0105 e. The highest BCUT2D eigenvalue weighted by Crippen LogP contribution is 2.33. The van der Waals surface area contributed by atoms with Crippen LogP contribution in [0.4, 0.5) is 0 Å². The number of hydrogen-bond acceptors (Lipinski definition) is 2. The molecular weight excluding hydrogens is 208 g/mol. The van der Waals surface area contributed by atoms with Crippen molar-refractivity contribution in [2.24, 2.45) is 11.8 Å². The molecule has 0 bridgehead atoms. The Morgan fingerprint density at radius 3 is 2.65 bits per heavy atom. The quantitative estimate of drug-likeness (QED) is 0.810. The monoisotopic (exact) mass is 238 g/mol. The molecule has 17 heavy (non-hydrogen) atoms. The van der Waals surface area contributed by atoms with E-state index in [-0.39, 0.29) is 0 Å². The molecule has 2 nitrogen and oxygen atoms in total. The molecule has 0 aromatic carbocycles. The van der Waals surface area contributed by atoms with Gasteiger partial charge in [0.05, 0.1) is 0 Å². The van der Waals surface area contributed by atoms with E-state index in [0.717, 1.165) is 23.9 Å². The Hall–Kier alpha value is -0.0800. The predicted octanol–water partition coefficient (Wildman–Crippen LogP) is 2.89. The van der Waals surface area contributed by atoms with Crippen LogP contribution in [0, 0.1) is 11.8 Å². The third-order valence-electron chi connectivity index (χ3n) is 5.20. The maximum atomic E-state index is 3.56. The summed E-state index contributed by atoms with van der Waals surface area (Å²) in [4.78, 5) is 2.73. The van der Waals surface area contributed by atoms with Gasteiger partial charge in [-0.2, -0.15) is 0 Å². The minimum absolute atomic E-state index is 0.769. The molecule has 1 saturated carbocycles. The van der Waals surface area contributed by atoms with Crippen LogP contribution in [0.25, 0.3) is 0 Å². The second-order valence-electron chi connectivity index (χ2n) is 6.23. The van der Waals surface area contributed by atoms with Gasteiger partial charge in [0.2, 0.25) is 0 Å². The highest BCUT2D eigenvalue weighted by atomic mass is 15.2. The molecule has 100 valence electrons. The summed E-state index contributed by atoms with van der Waals surface area (Å²) in [7, 11) is 2.15. The number of rotatable bonds is 4. The van der Waals surface area contributed by atoms with Crippen LogP contribution in [-0.2, 0) is 0 Å². The molecule has 2 aliphatic rings. The fourth-order valence-electron chi connectivity index (χ4n) is 3.88. The molecule has 1 aliphatic heterocycles. The summed E-state index contributed by atoms with van der Waals surface area (Å²) in [5.41, 5.74) is 0. The Morgan fingerprint density at radius 1 is 1.24 bits per heavy atom. The van der Waals surface area contributed by atoms with E-state index in [1.54, 1.807) is 0 Å². The number of hydrogen-bond donors (Lipinski definition) is 1. The van der Waals surface area contributed by atoms with Crippen molar-refractivity contribution in [2.45, 2.75) is 64.5 Å².